The molecule has 1 aromatic rings. The second-order valence-corrected chi connectivity index (χ2v) is 4.78. The summed E-state index contributed by atoms with van der Waals surface area (Å²) in [6, 6.07) is 4.55. The summed E-state index contributed by atoms with van der Waals surface area (Å²) in [5, 5.41) is 9.23. The van der Waals surface area contributed by atoms with E-state index in [0.29, 0.717) is 6.42 Å². The summed E-state index contributed by atoms with van der Waals surface area (Å²) < 4.78 is 13.9. The second-order valence-electron chi connectivity index (χ2n) is 3.93. The van der Waals surface area contributed by atoms with Crippen LogP contribution in [0.3, 0.4) is 0 Å². The van der Waals surface area contributed by atoms with E-state index < -0.39 is 5.41 Å². The number of aliphatic hydroxyl groups excluding tert-OH is 1. The first-order valence-electron chi connectivity index (χ1n) is 4.69. The molecule has 1 unspecified atom stereocenters. The number of hydrogen-bond acceptors (Lipinski definition) is 1. The van der Waals surface area contributed by atoms with Gasteiger partial charge in [0.1, 0.15) is 5.82 Å². The van der Waals surface area contributed by atoms with E-state index in [0.717, 1.165) is 10.0 Å². The average molecular weight is 273 g/mol. The fourth-order valence-corrected chi connectivity index (χ4v) is 1.69. The molecule has 0 saturated heterocycles. The maximum atomic E-state index is 13.0. The second kappa shape index (κ2) is 4.90. The Kier molecular flexibility index (Phi) is 4.05. The quantitative estimate of drug-likeness (QED) is 0.834. The molecule has 0 aliphatic rings. The van der Waals surface area contributed by atoms with Crippen LogP contribution in [0.5, 0.6) is 0 Å². The van der Waals surface area contributed by atoms with Crippen LogP contribution in [-0.2, 0) is 6.42 Å². The van der Waals surface area contributed by atoms with Gasteiger partial charge in [-0.1, -0.05) is 28.9 Å². The van der Waals surface area contributed by atoms with E-state index in [9.17, 15) is 9.50 Å². The van der Waals surface area contributed by atoms with Gasteiger partial charge in [0.05, 0.1) is 6.61 Å². The van der Waals surface area contributed by atoms with E-state index in [2.05, 4.69) is 22.5 Å². The average Bonchev–Trinajstić information content (AvgIpc) is 2.23. The van der Waals surface area contributed by atoms with Crippen LogP contribution in [0.25, 0.3) is 0 Å². The first-order chi connectivity index (χ1) is 7.00. The Morgan fingerprint density at radius 1 is 1.60 bits per heavy atom. The SMILES string of the molecule is C=CC(C)(CO)Cc1cc(F)ccc1Br. The van der Waals surface area contributed by atoms with Gasteiger partial charge in [0.25, 0.3) is 0 Å². The van der Waals surface area contributed by atoms with Crippen molar-refractivity contribution >= 4 is 15.9 Å². The molecule has 0 fully saturated rings. The summed E-state index contributed by atoms with van der Waals surface area (Å²) in [5.74, 6) is -0.266. The maximum Gasteiger partial charge on any atom is 0.123 e. The lowest BCUT2D eigenvalue weighted by atomic mass is 9.85. The summed E-state index contributed by atoms with van der Waals surface area (Å²) in [5.41, 5.74) is 0.433. The van der Waals surface area contributed by atoms with Crippen LogP contribution in [0.15, 0.2) is 35.3 Å². The van der Waals surface area contributed by atoms with E-state index in [1.165, 1.54) is 12.1 Å². The minimum atomic E-state index is -0.406. The standard InChI is InChI=1S/C12H14BrFO/c1-3-12(2,8-15)7-9-6-10(14)4-5-11(9)13/h3-6,15H,1,7-8H2,2H3. The van der Waals surface area contributed by atoms with Gasteiger partial charge in [-0.15, -0.1) is 6.58 Å². The topological polar surface area (TPSA) is 20.2 Å². The number of rotatable bonds is 4. The third-order valence-corrected chi connectivity index (χ3v) is 3.23. The van der Waals surface area contributed by atoms with Crippen molar-refractivity contribution in [3.63, 3.8) is 0 Å². The Bertz CT molecular complexity index is 365. The Morgan fingerprint density at radius 2 is 2.27 bits per heavy atom. The molecular weight excluding hydrogens is 259 g/mol. The highest BCUT2D eigenvalue weighted by molar-refractivity contribution is 9.10. The van der Waals surface area contributed by atoms with Crippen LogP contribution in [0.2, 0.25) is 0 Å². The van der Waals surface area contributed by atoms with Crippen molar-refractivity contribution in [3.05, 3.63) is 46.7 Å². The van der Waals surface area contributed by atoms with Gasteiger partial charge in [-0.05, 0) is 30.2 Å². The minimum Gasteiger partial charge on any atom is -0.395 e. The van der Waals surface area contributed by atoms with Gasteiger partial charge in [0.2, 0.25) is 0 Å². The van der Waals surface area contributed by atoms with Crippen molar-refractivity contribution in [2.24, 2.45) is 5.41 Å². The molecule has 0 aliphatic carbocycles. The monoisotopic (exact) mass is 272 g/mol. The van der Waals surface area contributed by atoms with Gasteiger partial charge >= 0.3 is 0 Å². The first-order valence-corrected chi connectivity index (χ1v) is 5.48. The molecule has 1 N–H and O–H groups in total. The number of halogens is 2. The molecule has 1 aromatic carbocycles. The van der Waals surface area contributed by atoms with Crippen molar-refractivity contribution in [2.75, 3.05) is 6.61 Å². The molecule has 0 radical (unpaired) electrons. The lowest BCUT2D eigenvalue weighted by Gasteiger charge is -2.23. The molecule has 0 aromatic heterocycles. The van der Waals surface area contributed by atoms with E-state index in [1.54, 1.807) is 12.1 Å². The largest absolute Gasteiger partial charge is 0.395 e. The van der Waals surface area contributed by atoms with Crippen LogP contribution < -0.4 is 0 Å². The van der Waals surface area contributed by atoms with Crippen LogP contribution in [0, 0.1) is 11.2 Å². The summed E-state index contributed by atoms with van der Waals surface area (Å²) >= 11 is 3.36. The first kappa shape index (κ1) is 12.4. The fraction of sp³-hybridized carbons (Fsp3) is 0.333. The minimum absolute atomic E-state index is 0.000542. The highest BCUT2D eigenvalue weighted by Gasteiger charge is 2.21. The summed E-state index contributed by atoms with van der Waals surface area (Å²) in [7, 11) is 0. The Labute approximate surface area is 97.8 Å². The molecule has 1 rings (SSSR count). The highest BCUT2D eigenvalue weighted by atomic mass is 79.9. The molecule has 3 heteroatoms. The summed E-state index contributed by atoms with van der Waals surface area (Å²) in [6.07, 6.45) is 2.26. The van der Waals surface area contributed by atoms with Gasteiger partial charge in [-0.3, -0.25) is 0 Å². The molecule has 0 bridgehead atoms. The van der Waals surface area contributed by atoms with Gasteiger partial charge in [-0.25, -0.2) is 4.39 Å². The van der Waals surface area contributed by atoms with Gasteiger partial charge in [-0.2, -0.15) is 0 Å². The molecule has 15 heavy (non-hydrogen) atoms. The zero-order valence-corrected chi connectivity index (χ0v) is 10.2. The van der Waals surface area contributed by atoms with Gasteiger partial charge < -0.3 is 5.11 Å². The van der Waals surface area contributed by atoms with E-state index >= 15 is 0 Å². The zero-order chi connectivity index (χ0) is 11.5. The predicted molar refractivity (Wildman–Crippen MR) is 63.2 cm³/mol. The van der Waals surface area contributed by atoms with Gasteiger partial charge in [0.15, 0.2) is 0 Å². The highest BCUT2D eigenvalue weighted by Crippen LogP contribution is 2.28. The van der Waals surface area contributed by atoms with E-state index in [-0.39, 0.29) is 12.4 Å². The summed E-state index contributed by atoms with van der Waals surface area (Å²) in [6.45, 7) is 5.57. The molecule has 1 atom stereocenters. The van der Waals surface area contributed by atoms with Crippen molar-refractivity contribution in [3.8, 4) is 0 Å². The molecule has 82 valence electrons. The molecule has 0 amide bonds. The van der Waals surface area contributed by atoms with E-state index in [4.69, 9.17) is 0 Å². The normalized spacial score (nSPS) is 14.7. The smallest absolute Gasteiger partial charge is 0.123 e. The number of aliphatic hydroxyl groups is 1. The summed E-state index contributed by atoms with van der Waals surface area (Å²) in [4.78, 5) is 0. The molecular formula is C12H14BrFO. The van der Waals surface area contributed by atoms with Crippen LogP contribution in [0.4, 0.5) is 4.39 Å². The predicted octanol–water partition coefficient (Wildman–Crippen LogP) is 3.32. The Balaban J connectivity index is 2.97. The van der Waals surface area contributed by atoms with Gasteiger partial charge in [0, 0.05) is 9.89 Å². The number of benzene rings is 1. The van der Waals surface area contributed by atoms with Crippen molar-refractivity contribution < 1.29 is 9.50 Å². The lowest BCUT2D eigenvalue weighted by Crippen LogP contribution is -2.21. The molecule has 0 heterocycles. The number of hydrogen-bond donors (Lipinski definition) is 1. The van der Waals surface area contributed by atoms with Crippen molar-refractivity contribution in [2.45, 2.75) is 13.3 Å². The zero-order valence-electron chi connectivity index (χ0n) is 8.63. The molecule has 0 saturated carbocycles. The maximum absolute atomic E-state index is 13.0. The van der Waals surface area contributed by atoms with Crippen molar-refractivity contribution in [1.82, 2.24) is 0 Å². The van der Waals surface area contributed by atoms with Crippen LogP contribution in [-0.4, -0.2) is 11.7 Å². The van der Waals surface area contributed by atoms with Crippen LogP contribution >= 0.6 is 15.9 Å². The molecule has 0 aliphatic heterocycles. The third-order valence-electron chi connectivity index (χ3n) is 2.46. The Hall–Kier alpha value is -0.670. The van der Waals surface area contributed by atoms with Crippen LogP contribution in [0.1, 0.15) is 12.5 Å². The third kappa shape index (κ3) is 3.14. The fourth-order valence-electron chi connectivity index (χ4n) is 1.31. The lowest BCUT2D eigenvalue weighted by molar-refractivity contribution is 0.184. The van der Waals surface area contributed by atoms with E-state index in [1.807, 2.05) is 6.92 Å². The molecule has 1 nitrogen and oxygen atoms in total. The molecule has 0 spiro atoms. The van der Waals surface area contributed by atoms with Crippen molar-refractivity contribution in [1.29, 1.82) is 0 Å². The Morgan fingerprint density at radius 3 is 2.80 bits per heavy atom.